The molecule has 0 aliphatic rings. The van der Waals surface area contributed by atoms with E-state index in [1.165, 1.54) is 25.4 Å². The van der Waals surface area contributed by atoms with Gasteiger partial charge in [0.2, 0.25) is 0 Å². The highest BCUT2D eigenvalue weighted by Gasteiger charge is 2.21. The van der Waals surface area contributed by atoms with Crippen molar-refractivity contribution in [2.24, 2.45) is 0 Å². The van der Waals surface area contributed by atoms with Crippen molar-refractivity contribution in [1.29, 1.82) is 0 Å². The largest absolute Gasteiger partial charge is 0.495 e. The quantitative estimate of drug-likeness (QED) is 0.489. The third-order valence-corrected chi connectivity index (χ3v) is 5.18. The van der Waals surface area contributed by atoms with Crippen molar-refractivity contribution < 1.29 is 23.5 Å². The summed E-state index contributed by atoms with van der Waals surface area (Å²) in [4.78, 5) is 25.0. The summed E-state index contributed by atoms with van der Waals surface area (Å²) in [7, 11) is 1.53. The van der Waals surface area contributed by atoms with Gasteiger partial charge in [0.05, 0.1) is 12.8 Å². The number of para-hydroxylation sites is 1. The van der Waals surface area contributed by atoms with Gasteiger partial charge in [0, 0.05) is 16.8 Å². The summed E-state index contributed by atoms with van der Waals surface area (Å²) >= 11 is 1.26. The van der Waals surface area contributed by atoms with Crippen LogP contribution < -0.4 is 10.1 Å². The van der Waals surface area contributed by atoms with Gasteiger partial charge < -0.3 is 19.2 Å². The van der Waals surface area contributed by atoms with E-state index in [0.717, 1.165) is 16.4 Å². The number of furan rings is 1. The number of methoxy groups -OCH3 is 1. The number of hydrogen-bond donors (Lipinski definition) is 1. The molecule has 142 valence electrons. The summed E-state index contributed by atoms with van der Waals surface area (Å²) in [5.74, 6) is -0.500. The van der Waals surface area contributed by atoms with E-state index in [1.807, 2.05) is 30.3 Å². The van der Waals surface area contributed by atoms with E-state index in [4.69, 9.17) is 13.9 Å². The molecule has 1 unspecified atom stereocenters. The van der Waals surface area contributed by atoms with Crippen LogP contribution in [0.4, 0.5) is 5.69 Å². The molecule has 2 aromatic heterocycles. The van der Waals surface area contributed by atoms with E-state index in [-0.39, 0.29) is 0 Å². The van der Waals surface area contributed by atoms with E-state index < -0.39 is 18.0 Å². The number of fused-ring (bicyclic) bond motifs is 3. The Kier molecular flexibility index (Phi) is 4.75. The maximum Gasteiger partial charge on any atom is 0.349 e. The molecule has 0 saturated heterocycles. The topological polar surface area (TPSA) is 77.8 Å². The fourth-order valence-corrected chi connectivity index (χ4v) is 3.52. The molecule has 2 aromatic carbocycles. The molecule has 0 radical (unpaired) electrons. The first-order valence-corrected chi connectivity index (χ1v) is 9.49. The van der Waals surface area contributed by atoms with Crippen molar-refractivity contribution in [3.8, 4) is 5.75 Å². The van der Waals surface area contributed by atoms with Gasteiger partial charge in [-0.05, 0) is 30.5 Å². The average Bonchev–Trinajstić information content (AvgIpc) is 3.35. The summed E-state index contributed by atoms with van der Waals surface area (Å²) < 4.78 is 16.5. The van der Waals surface area contributed by atoms with Gasteiger partial charge in [-0.2, -0.15) is 0 Å². The standard InChI is InChI=1S/C21H17NO5S/c1-12(26-21(24)19-8-5-9-28-19)20(23)22-15-11-17-14(10-18(15)25-2)13-6-3-4-7-16(13)27-17/h3-12H,1-2H3,(H,22,23). The number of anilines is 1. The van der Waals surface area contributed by atoms with Crippen LogP contribution in [0.2, 0.25) is 0 Å². The Labute approximate surface area is 164 Å². The molecule has 2 heterocycles. The molecule has 0 aliphatic heterocycles. The second-order valence-corrected chi connectivity index (χ2v) is 7.11. The van der Waals surface area contributed by atoms with Gasteiger partial charge in [0.25, 0.3) is 5.91 Å². The monoisotopic (exact) mass is 395 g/mol. The number of carbonyl (C=O) groups is 2. The molecule has 28 heavy (non-hydrogen) atoms. The average molecular weight is 395 g/mol. The summed E-state index contributed by atoms with van der Waals surface area (Å²) in [5, 5.41) is 6.38. The van der Waals surface area contributed by atoms with Gasteiger partial charge in [-0.1, -0.05) is 24.3 Å². The molecule has 1 atom stereocenters. The summed E-state index contributed by atoms with van der Waals surface area (Å²) in [6.45, 7) is 1.52. The third kappa shape index (κ3) is 3.32. The number of esters is 1. The normalized spacial score (nSPS) is 12.1. The third-order valence-electron chi connectivity index (χ3n) is 4.33. The zero-order valence-corrected chi connectivity index (χ0v) is 16.0. The molecule has 0 aliphatic carbocycles. The molecule has 0 saturated carbocycles. The van der Waals surface area contributed by atoms with Crippen molar-refractivity contribution in [1.82, 2.24) is 0 Å². The molecule has 0 fully saturated rings. The maximum absolute atomic E-state index is 12.5. The SMILES string of the molecule is COc1cc2c(cc1NC(=O)C(C)OC(=O)c1cccs1)oc1ccccc12. The number of rotatable bonds is 5. The van der Waals surface area contributed by atoms with Crippen molar-refractivity contribution in [2.75, 3.05) is 12.4 Å². The van der Waals surface area contributed by atoms with Crippen LogP contribution in [0.25, 0.3) is 21.9 Å². The lowest BCUT2D eigenvalue weighted by Crippen LogP contribution is -2.29. The van der Waals surface area contributed by atoms with E-state index in [0.29, 0.717) is 21.9 Å². The van der Waals surface area contributed by atoms with Gasteiger partial charge in [-0.15, -0.1) is 11.3 Å². The molecule has 6 nitrogen and oxygen atoms in total. The van der Waals surface area contributed by atoms with Crippen LogP contribution in [0, 0.1) is 0 Å². The molecule has 4 rings (SSSR count). The molecule has 0 spiro atoms. The summed E-state index contributed by atoms with van der Waals surface area (Å²) in [6, 6.07) is 14.6. The lowest BCUT2D eigenvalue weighted by atomic mass is 10.1. The zero-order valence-electron chi connectivity index (χ0n) is 15.2. The fraction of sp³-hybridized carbons (Fsp3) is 0.143. The van der Waals surface area contributed by atoms with E-state index >= 15 is 0 Å². The second kappa shape index (κ2) is 7.36. The van der Waals surface area contributed by atoms with Crippen LogP contribution >= 0.6 is 11.3 Å². The van der Waals surface area contributed by atoms with Gasteiger partial charge >= 0.3 is 5.97 Å². The van der Waals surface area contributed by atoms with Crippen LogP contribution in [0.5, 0.6) is 5.75 Å². The number of hydrogen-bond acceptors (Lipinski definition) is 6. The number of amides is 1. The summed E-state index contributed by atoms with van der Waals surface area (Å²) in [5.41, 5.74) is 1.82. The fourth-order valence-electron chi connectivity index (χ4n) is 2.92. The van der Waals surface area contributed by atoms with Gasteiger partial charge in [-0.25, -0.2) is 4.79 Å². The first-order valence-electron chi connectivity index (χ1n) is 8.61. The minimum absolute atomic E-state index is 0.443. The van der Waals surface area contributed by atoms with Crippen molar-refractivity contribution in [2.45, 2.75) is 13.0 Å². The minimum atomic E-state index is -0.967. The van der Waals surface area contributed by atoms with Crippen LogP contribution in [0.15, 0.2) is 58.3 Å². The van der Waals surface area contributed by atoms with E-state index in [1.54, 1.807) is 23.6 Å². The van der Waals surface area contributed by atoms with Gasteiger partial charge in [-0.3, -0.25) is 4.79 Å². The number of carbonyl (C=O) groups excluding carboxylic acids is 2. The number of nitrogens with one attached hydrogen (secondary N) is 1. The first-order chi connectivity index (χ1) is 13.6. The highest BCUT2D eigenvalue weighted by Crippen LogP contribution is 2.36. The zero-order chi connectivity index (χ0) is 19.7. The van der Waals surface area contributed by atoms with Gasteiger partial charge in [0.15, 0.2) is 6.10 Å². The Morgan fingerprint density at radius 1 is 1.07 bits per heavy atom. The second-order valence-electron chi connectivity index (χ2n) is 6.16. The number of ether oxygens (including phenoxy) is 2. The number of benzene rings is 2. The summed E-state index contributed by atoms with van der Waals surface area (Å²) in [6.07, 6.45) is -0.967. The predicted octanol–water partition coefficient (Wildman–Crippen LogP) is 4.84. The van der Waals surface area contributed by atoms with Crippen molar-refractivity contribution >= 4 is 50.8 Å². The van der Waals surface area contributed by atoms with Crippen LogP contribution in [-0.4, -0.2) is 25.1 Å². The Bertz CT molecular complexity index is 1160. The molecular weight excluding hydrogens is 378 g/mol. The molecule has 0 bridgehead atoms. The molecule has 1 amide bonds. The Balaban J connectivity index is 1.58. The smallest absolute Gasteiger partial charge is 0.349 e. The minimum Gasteiger partial charge on any atom is -0.495 e. The van der Waals surface area contributed by atoms with Crippen LogP contribution in [-0.2, 0) is 9.53 Å². The molecule has 4 aromatic rings. The Hall–Kier alpha value is -3.32. The van der Waals surface area contributed by atoms with E-state index in [9.17, 15) is 9.59 Å². The molecule has 7 heteroatoms. The lowest BCUT2D eigenvalue weighted by Gasteiger charge is -2.15. The predicted molar refractivity (Wildman–Crippen MR) is 108 cm³/mol. The van der Waals surface area contributed by atoms with E-state index in [2.05, 4.69) is 5.32 Å². The van der Waals surface area contributed by atoms with Crippen LogP contribution in [0.3, 0.4) is 0 Å². The maximum atomic E-state index is 12.5. The van der Waals surface area contributed by atoms with Gasteiger partial charge in [0.1, 0.15) is 21.8 Å². The Morgan fingerprint density at radius 2 is 1.89 bits per heavy atom. The highest BCUT2D eigenvalue weighted by atomic mass is 32.1. The lowest BCUT2D eigenvalue weighted by molar-refractivity contribution is -0.123. The first kappa shape index (κ1) is 18.1. The Morgan fingerprint density at radius 3 is 2.64 bits per heavy atom. The number of thiophene rings is 1. The van der Waals surface area contributed by atoms with Crippen LogP contribution in [0.1, 0.15) is 16.6 Å². The van der Waals surface area contributed by atoms with Crippen molar-refractivity contribution in [3.63, 3.8) is 0 Å². The van der Waals surface area contributed by atoms with Crippen molar-refractivity contribution in [3.05, 3.63) is 58.8 Å². The highest BCUT2D eigenvalue weighted by molar-refractivity contribution is 7.11. The molecular formula is C21H17NO5S. The molecule has 1 N–H and O–H groups in total.